The van der Waals surface area contributed by atoms with Gasteiger partial charge in [0, 0.05) is 38.2 Å². The summed E-state index contributed by atoms with van der Waals surface area (Å²) >= 11 is 0. The second-order valence-electron chi connectivity index (χ2n) is 4.69. The summed E-state index contributed by atoms with van der Waals surface area (Å²) in [5.41, 5.74) is 0.972. The van der Waals surface area contributed by atoms with Crippen LogP contribution in [0.4, 0.5) is 11.6 Å². The van der Waals surface area contributed by atoms with E-state index in [1.54, 1.807) is 30.2 Å². The zero-order valence-electron chi connectivity index (χ0n) is 13.0. The highest BCUT2D eigenvalue weighted by molar-refractivity contribution is 6.04. The molecule has 116 valence electrons. The molecule has 1 N–H and O–H groups in total. The van der Waals surface area contributed by atoms with Crippen molar-refractivity contribution in [3.05, 3.63) is 36.2 Å². The van der Waals surface area contributed by atoms with E-state index in [1.165, 1.54) is 19.5 Å². The Bertz CT molecular complexity index is 656. The third-order valence-corrected chi connectivity index (χ3v) is 2.94. The van der Waals surface area contributed by atoms with Crippen molar-refractivity contribution in [2.75, 3.05) is 38.5 Å². The molecule has 0 aliphatic heterocycles. The molecule has 0 atom stereocenters. The van der Waals surface area contributed by atoms with Crippen molar-refractivity contribution in [1.82, 2.24) is 9.97 Å². The molecule has 1 heterocycles. The van der Waals surface area contributed by atoms with Gasteiger partial charge >= 0.3 is 0 Å². The van der Waals surface area contributed by atoms with E-state index < -0.39 is 0 Å². The molecule has 1 aromatic heterocycles. The lowest BCUT2D eigenvalue weighted by Gasteiger charge is -2.11. The number of amides is 1. The Morgan fingerprint density at radius 1 is 1.09 bits per heavy atom. The second kappa shape index (κ2) is 6.75. The summed E-state index contributed by atoms with van der Waals surface area (Å²) in [6.45, 7) is 0. The maximum Gasteiger partial charge on any atom is 0.258 e. The molecule has 2 rings (SSSR count). The maximum absolute atomic E-state index is 12.2. The van der Waals surface area contributed by atoms with Crippen molar-refractivity contribution < 1.29 is 14.3 Å². The van der Waals surface area contributed by atoms with Crippen molar-refractivity contribution in [2.24, 2.45) is 0 Å². The van der Waals surface area contributed by atoms with Crippen molar-refractivity contribution >= 4 is 17.5 Å². The number of aromatic nitrogens is 2. The molecule has 7 heteroatoms. The maximum atomic E-state index is 12.2. The van der Waals surface area contributed by atoms with E-state index in [-0.39, 0.29) is 5.91 Å². The monoisotopic (exact) mass is 302 g/mol. The Morgan fingerprint density at radius 3 is 2.27 bits per heavy atom. The standard InChI is InChI=1S/C15H18N4O3/c1-19(2)15-16-8-10(9-17-15)14(20)18-11-5-6-12(21-3)13(7-11)22-4/h5-9H,1-4H3,(H,18,20). The number of rotatable bonds is 5. The van der Waals surface area contributed by atoms with Gasteiger partial charge in [-0.15, -0.1) is 0 Å². The second-order valence-corrected chi connectivity index (χ2v) is 4.69. The van der Waals surface area contributed by atoms with Gasteiger partial charge in [0.15, 0.2) is 11.5 Å². The predicted molar refractivity (Wildman–Crippen MR) is 83.9 cm³/mol. The van der Waals surface area contributed by atoms with Crippen LogP contribution in [0.2, 0.25) is 0 Å². The first-order valence-corrected chi connectivity index (χ1v) is 6.58. The average molecular weight is 302 g/mol. The number of carbonyl (C=O) groups is 1. The number of nitrogens with one attached hydrogen (secondary N) is 1. The first kappa shape index (κ1) is 15.6. The van der Waals surface area contributed by atoms with Crippen LogP contribution >= 0.6 is 0 Å². The van der Waals surface area contributed by atoms with Crippen molar-refractivity contribution in [3.63, 3.8) is 0 Å². The van der Waals surface area contributed by atoms with Gasteiger partial charge in [-0.3, -0.25) is 4.79 Å². The van der Waals surface area contributed by atoms with Crippen LogP contribution in [0.1, 0.15) is 10.4 Å². The smallest absolute Gasteiger partial charge is 0.258 e. The van der Waals surface area contributed by atoms with Crippen LogP contribution in [-0.4, -0.2) is 44.2 Å². The molecule has 0 radical (unpaired) electrons. The fourth-order valence-electron chi connectivity index (χ4n) is 1.79. The van der Waals surface area contributed by atoms with Crippen LogP contribution in [0.5, 0.6) is 11.5 Å². The minimum atomic E-state index is -0.294. The minimum Gasteiger partial charge on any atom is -0.493 e. The minimum absolute atomic E-state index is 0.294. The lowest BCUT2D eigenvalue weighted by atomic mass is 10.2. The third-order valence-electron chi connectivity index (χ3n) is 2.94. The van der Waals surface area contributed by atoms with Crippen molar-refractivity contribution in [1.29, 1.82) is 0 Å². The molecule has 1 amide bonds. The Morgan fingerprint density at radius 2 is 1.73 bits per heavy atom. The largest absolute Gasteiger partial charge is 0.493 e. The van der Waals surface area contributed by atoms with Gasteiger partial charge in [-0.05, 0) is 12.1 Å². The van der Waals surface area contributed by atoms with Gasteiger partial charge in [0.2, 0.25) is 5.95 Å². The van der Waals surface area contributed by atoms with Gasteiger partial charge in [-0.1, -0.05) is 0 Å². The van der Waals surface area contributed by atoms with Crippen LogP contribution in [-0.2, 0) is 0 Å². The number of anilines is 2. The van der Waals surface area contributed by atoms with Crippen LogP contribution in [0.3, 0.4) is 0 Å². The number of ether oxygens (including phenoxy) is 2. The average Bonchev–Trinajstić information content (AvgIpc) is 2.54. The Balaban J connectivity index is 2.14. The van der Waals surface area contributed by atoms with Crippen LogP contribution in [0.15, 0.2) is 30.6 Å². The predicted octanol–water partition coefficient (Wildman–Crippen LogP) is 1.81. The highest BCUT2D eigenvalue weighted by Crippen LogP contribution is 2.29. The van der Waals surface area contributed by atoms with E-state index >= 15 is 0 Å². The Kier molecular flexibility index (Phi) is 4.77. The quantitative estimate of drug-likeness (QED) is 0.907. The molecule has 0 unspecified atom stereocenters. The fraction of sp³-hybridized carbons (Fsp3) is 0.267. The molecule has 1 aromatic carbocycles. The van der Waals surface area contributed by atoms with Gasteiger partial charge < -0.3 is 19.7 Å². The molecule has 22 heavy (non-hydrogen) atoms. The van der Waals surface area contributed by atoms with E-state index in [0.29, 0.717) is 28.7 Å². The van der Waals surface area contributed by atoms with Gasteiger partial charge in [-0.25, -0.2) is 9.97 Å². The van der Waals surface area contributed by atoms with E-state index in [4.69, 9.17) is 9.47 Å². The van der Waals surface area contributed by atoms with Crippen molar-refractivity contribution in [2.45, 2.75) is 0 Å². The Labute approximate surface area is 128 Å². The summed E-state index contributed by atoms with van der Waals surface area (Å²) in [5, 5.41) is 2.76. The Hall–Kier alpha value is -2.83. The number of methoxy groups -OCH3 is 2. The lowest BCUT2D eigenvalue weighted by Crippen LogP contribution is -2.16. The zero-order chi connectivity index (χ0) is 16.1. The normalized spacial score (nSPS) is 10.0. The first-order chi connectivity index (χ1) is 10.5. The van der Waals surface area contributed by atoms with E-state index in [2.05, 4.69) is 15.3 Å². The lowest BCUT2D eigenvalue weighted by molar-refractivity contribution is 0.102. The highest BCUT2D eigenvalue weighted by atomic mass is 16.5. The number of hydrogen-bond acceptors (Lipinski definition) is 6. The number of hydrogen-bond donors (Lipinski definition) is 1. The summed E-state index contributed by atoms with van der Waals surface area (Å²) < 4.78 is 10.4. The summed E-state index contributed by atoms with van der Waals surface area (Å²) in [7, 11) is 6.76. The van der Waals surface area contributed by atoms with Gasteiger partial charge in [-0.2, -0.15) is 0 Å². The van der Waals surface area contributed by atoms with Crippen LogP contribution in [0, 0.1) is 0 Å². The molecule has 0 spiro atoms. The van der Waals surface area contributed by atoms with Gasteiger partial charge in [0.25, 0.3) is 5.91 Å². The molecular formula is C15H18N4O3. The summed E-state index contributed by atoms with van der Waals surface area (Å²) in [4.78, 5) is 22.2. The van der Waals surface area contributed by atoms with Gasteiger partial charge in [0.1, 0.15) is 0 Å². The number of carbonyl (C=O) groups excluding carboxylic acids is 1. The zero-order valence-corrected chi connectivity index (χ0v) is 13.0. The third kappa shape index (κ3) is 3.43. The number of nitrogens with zero attached hydrogens (tertiary/aromatic N) is 3. The molecule has 0 saturated heterocycles. The molecule has 0 bridgehead atoms. The van der Waals surface area contributed by atoms with E-state index in [1.807, 2.05) is 14.1 Å². The first-order valence-electron chi connectivity index (χ1n) is 6.58. The molecule has 2 aromatic rings. The topological polar surface area (TPSA) is 76.6 Å². The van der Waals surface area contributed by atoms with Gasteiger partial charge in [0.05, 0.1) is 19.8 Å². The number of benzene rings is 1. The van der Waals surface area contributed by atoms with E-state index in [0.717, 1.165) is 0 Å². The molecule has 0 aliphatic carbocycles. The summed E-state index contributed by atoms with van der Waals surface area (Å²) in [5.74, 6) is 1.39. The highest BCUT2D eigenvalue weighted by Gasteiger charge is 2.10. The van der Waals surface area contributed by atoms with Crippen molar-refractivity contribution in [3.8, 4) is 11.5 Å². The van der Waals surface area contributed by atoms with E-state index in [9.17, 15) is 4.79 Å². The SMILES string of the molecule is COc1ccc(NC(=O)c2cnc(N(C)C)nc2)cc1OC. The molecule has 7 nitrogen and oxygen atoms in total. The molecule has 0 aliphatic rings. The molecule has 0 saturated carbocycles. The van der Waals surface area contributed by atoms with Crippen LogP contribution < -0.4 is 19.7 Å². The summed E-state index contributed by atoms with van der Waals surface area (Å²) in [6, 6.07) is 5.14. The summed E-state index contributed by atoms with van der Waals surface area (Å²) in [6.07, 6.45) is 2.97. The fourth-order valence-corrected chi connectivity index (χ4v) is 1.79. The molecule has 0 fully saturated rings. The molecular weight excluding hydrogens is 284 g/mol. The van der Waals surface area contributed by atoms with Crippen LogP contribution in [0.25, 0.3) is 0 Å².